The summed E-state index contributed by atoms with van der Waals surface area (Å²) in [6, 6.07) is 0. The molecule has 1 saturated carbocycles. The van der Waals surface area contributed by atoms with Crippen LogP contribution in [0.25, 0.3) is 0 Å². The molecule has 0 radical (unpaired) electrons. The summed E-state index contributed by atoms with van der Waals surface area (Å²) in [6.45, 7) is 7.64. The highest BCUT2D eigenvalue weighted by Crippen LogP contribution is 2.24. The van der Waals surface area contributed by atoms with Crippen molar-refractivity contribution < 1.29 is 9.90 Å². The number of Topliss-reactive ketones (excluding diaryl/α,β-unsaturated/α-hetero) is 1. The number of rotatable bonds is 1. The molecule has 0 amide bonds. The summed E-state index contributed by atoms with van der Waals surface area (Å²) < 4.78 is 0. The highest BCUT2D eigenvalue weighted by molar-refractivity contribution is 5.78. The van der Waals surface area contributed by atoms with E-state index in [1.807, 2.05) is 0 Å². The van der Waals surface area contributed by atoms with E-state index in [0.717, 1.165) is 25.7 Å². The molecule has 0 aromatic heterocycles. The minimum atomic E-state index is -0.143. The maximum absolute atomic E-state index is 10.8. The Morgan fingerprint density at radius 3 is 2.00 bits per heavy atom. The first-order valence-electron chi connectivity index (χ1n) is 4.38. The molecule has 1 aliphatic rings. The quantitative estimate of drug-likeness (QED) is 0.610. The first-order valence-corrected chi connectivity index (χ1v) is 4.38. The molecule has 1 rings (SSSR count). The van der Waals surface area contributed by atoms with E-state index < -0.39 is 0 Å². The van der Waals surface area contributed by atoms with Gasteiger partial charge < -0.3 is 5.11 Å². The molecule has 1 aliphatic carbocycles. The van der Waals surface area contributed by atoms with Crippen LogP contribution in [0.15, 0.2) is 13.2 Å². The predicted molar refractivity (Wildman–Crippen MR) is 49.9 cm³/mol. The zero-order valence-electron chi connectivity index (χ0n) is 7.75. The van der Waals surface area contributed by atoms with Crippen molar-refractivity contribution in [3.63, 3.8) is 0 Å². The van der Waals surface area contributed by atoms with E-state index in [1.165, 1.54) is 0 Å². The minimum Gasteiger partial charge on any atom is -0.393 e. The van der Waals surface area contributed by atoms with Crippen molar-refractivity contribution in [3.05, 3.63) is 13.2 Å². The van der Waals surface area contributed by atoms with Crippen LogP contribution in [0, 0.1) is 5.92 Å². The van der Waals surface area contributed by atoms with Crippen LogP contribution in [-0.2, 0) is 4.79 Å². The Morgan fingerprint density at radius 2 is 1.67 bits per heavy atom. The monoisotopic (exact) mass is 170 g/mol. The molecular formula is C10H18O2. The second-order valence-electron chi connectivity index (χ2n) is 3.12. The Kier molecular flexibility index (Phi) is 5.64. The molecule has 0 bridgehead atoms. The summed E-state index contributed by atoms with van der Waals surface area (Å²) in [5, 5.41) is 9.10. The highest BCUT2D eigenvalue weighted by atomic mass is 16.3. The van der Waals surface area contributed by atoms with Crippen molar-refractivity contribution in [3.8, 4) is 0 Å². The zero-order chi connectivity index (χ0) is 9.56. The number of carbonyl (C=O) groups is 1. The van der Waals surface area contributed by atoms with Crippen molar-refractivity contribution in [1.29, 1.82) is 0 Å². The number of carbonyl (C=O) groups excluding carboxylic acids is 1. The van der Waals surface area contributed by atoms with Crippen LogP contribution >= 0.6 is 0 Å². The van der Waals surface area contributed by atoms with Crippen molar-refractivity contribution in [1.82, 2.24) is 0 Å². The van der Waals surface area contributed by atoms with Crippen LogP contribution in [0.4, 0.5) is 0 Å². The smallest absolute Gasteiger partial charge is 0.132 e. The maximum Gasteiger partial charge on any atom is 0.132 e. The van der Waals surface area contributed by atoms with Crippen LogP contribution in [0.5, 0.6) is 0 Å². The van der Waals surface area contributed by atoms with Gasteiger partial charge in [-0.2, -0.15) is 0 Å². The molecule has 2 heteroatoms. The molecule has 12 heavy (non-hydrogen) atoms. The summed E-state index contributed by atoms with van der Waals surface area (Å²) in [7, 11) is 0. The van der Waals surface area contributed by atoms with Gasteiger partial charge in [0.15, 0.2) is 0 Å². The predicted octanol–water partition coefficient (Wildman–Crippen LogP) is 1.93. The van der Waals surface area contributed by atoms with Gasteiger partial charge in [-0.15, -0.1) is 13.2 Å². The van der Waals surface area contributed by atoms with Gasteiger partial charge in [-0.05, 0) is 32.6 Å². The van der Waals surface area contributed by atoms with Crippen LogP contribution in [0.2, 0.25) is 0 Å². The molecule has 0 aromatic carbocycles. The van der Waals surface area contributed by atoms with Gasteiger partial charge in [0, 0.05) is 5.92 Å². The van der Waals surface area contributed by atoms with Gasteiger partial charge in [0.1, 0.15) is 5.78 Å². The summed E-state index contributed by atoms with van der Waals surface area (Å²) in [5.41, 5.74) is 0. The standard InChI is InChI=1S/C8H14O2.C2H4/c1-6(9)7-2-4-8(10)5-3-7;1-2/h7-8,10H,2-5H2,1H3;1-2H2. The van der Waals surface area contributed by atoms with E-state index in [4.69, 9.17) is 5.11 Å². The van der Waals surface area contributed by atoms with E-state index in [-0.39, 0.29) is 17.8 Å². The normalized spacial score (nSPS) is 28.5. The summed E-state index contributed by atoms with van der Waals surface area (Å²) in [4.78, 5) is 10.8. The van der Waals surface area contributed by atoms with Crippen LogP contribution < -0.4 is 0 Å². The number of hydrogen-bond donors (Lipinski definition) is 1. The third kappa shape index (κ3) is 3.67. The fourth-order valence-corrected chi connectivity index (χ4v) is 1.48. The molecule has 0 unspecified atom stereocenters. The number of hydrogen-bond acceptors (Lipinski definition) is 2. The Labute approximate surface area is 74.3 Å². The van der Waals surface area contributed by atoms with E-state index in [0.29, 0.717) is 0 Å². The lowest BCUT2D eigenvalue weighted by Gasteiger charge is -2.22. The molecule has 1 N–H and O–H groups in total. The number of aliphatic hydroxyl groups excluding tert-OH is 1. The minimum absolute atomic E-state index is 0.143. The molecule has 0 aromatic rings. The Bertz CT molecular complexity index is 135. The molecule has 0 heterocycles. The van der Waals surface area contributed by atoms with Gasteiger partial charge >= 0.3 is 0 Å². The topological polar surface area (TPSA) is 37.3 Å². The second kappa shape index (κ2) is 5.95. The first kappa shape index (κ1) is 11.4. The van der Waals surface area contributed by atoms with Crippen molar-refractivity contribution in [2.45, 2.75) is 38.7 Å². The number of ketones is 1. The third-order valence-electron chi connectivity index (χ3n) is 2.27. The third-order valence-corrected chi connectivity index (χ3v) is 2.27. The summed E-state index contributed by atoms with van der Waals surface area (Å²) in [5.74, 6) is 0.523. The highest BCUT2D eigenvalue weighted by Gasteiger charge is 2.21. The lowest BCUT2D eigenvalue weighted by molar-refractivity contribution is -0.122. The molecule has 0 aliphatic heterocycles. The van der Waals surface area contributed by atoms with Gasteiger partial charge in [0.05, 0.1) is 6.10 Å². The van der Waals surface area contributed by atoms with Crippen molar-refractivity contribution in [2.24, 2.45) is 5.92 Å². The Morgan fingerprint density at radius 1 is 1.25 bits per heavy atom. The molecule has 70 valence electrons. The first-order chi connectivity index (χ1) is 5.70. The van der Waals surface area contributed by atoms with Gasteiger partial charge in [-0.3, -0.25) is 4.79 Å². The SMILES string of the molecule is C=C.CC(=O)C1CCC(O)CC1. The number of aliphatic hydroxyl groups is 1. The van der Waals surface area contributed by atoms with E-state index in [1.54, 1.807) is 6.92 Å². The largest absolute Gasteiger partial charge is 0.393 e. The average Bonchev–Trinajstić information content (AvgIpc) is 2.09. The Hall–Kier alpha value is -0.630. The van der Waals surface area contributed by atoms with Gasteiger partial charge in [0.2, 0.25) is 0 Å². The fraction of sp³-hybridized carbons (Fsp3) is 0.700. The molecule has 0 atom stereocenters. The Balaban J connectivity index is 0.000000561. The summed E-state index contributed by atoms with van der Waals surface area (Å²) >= 11 is 0. The lowest BCUT2D eigenvalue weighted by Crippen LogP contribution is -2.22. The van der Waals surface area contributed by atoms with Gasteiger partial charge in [-0.25, -0.2) is 0 Å². The van der Waals surface area contributed by atoms with Gasteiger partial charge in [0.25, 0.3) is 0 Å². The van der Waals surface area contributed by atoms with E-state index >= 15 is 0 Å². The molecule has 0 saturated heterocycles. The van der Waals surface area contributed by atoms with Gasteiger partial charge in [-0.1, -0.05) is 0 Å². The zero-order valence-corrected chi connectivity index (χ0v) is 7.75. The van der Waals surface area contributed by atoms with E-state index in [9.17, 15) is 4.79 Å². The van der Waals surface area contributed by atoms with Crippen LogP contribution in [0.3, 0.4) is 0 Å². The van der Waals surface area contributed by atoms with Crippen LogP contribution in [-0.4, -0.2) is 17.0 Å². The maximum atomic E-state index is 10.8. The fourth-order valence-electron chi connectivity index (χ4n) is 1.48. The van der Waals surface area contributed by atoms with Crippen LogP contribution in [0.1, 0.15) is 32.6 Å². The molecular weight excluding hydrogens is 152 g/mol. The van der Waals surface area contributed by atoms with Crippen molar-refractivity contribution >= 4 is 5.78 Å². The average molecular weight is 170 g/mol. The summed E-state index contributed by atoms with van der Waals surface area (Å²) in [6.07, 6.45) is 3.25. The molecule has 1 fully saturated rings. The van der Waals surface area contributed by atoms with E-state index in [2.05, 4.69) is 13.2 Å². The molecule has 0 spiro atoms. The second-order valence-corrected chi connectivity index (χ2v) is 3.12. The molecule has 2 nitrogen and oxygen atoms in total. The lowest BCUT2D eigenvalue weighted by atomic mass is 9.85. The van der Waals surface area contributed by atoms with Crippen molar-refractivity contribution in [2.75, 3.05) is 0 Å².